The monoisotopic (exact) mass is 563 g/mol. The number of carbonyl (C=O) groups excluding carboxylic acids is 3. The van der Waals surface area contributed by atoms with E-state index >= 15 is 0 Å². The van der Waals surface area contributed by atoms with Crippen LogP contribution in [0.5, 0.6) is 5.75 Å². The molecule has 10 nitrogen and oxygen atoms in total. The number of rotatable bonds is 7. The van der Waals surface area contributed by atoms with E-state index in [0.717, 1.165) is 0 Å². The topological polar surface area (TPSA) is 123 Å². The van der Waals surface area contributed by atoms with Gasteiger partial charge in [0.15, 0.2) is 5.75 Å². The highest BCUT2D eigenvalue weighted by Gasteiger charge is 2.35. The molecule has 3 aromatic rings. The number of benzene rings is 3. The number of likely N-dealkylation sites (N-methyl/N-ethyl adjacent to an activating group) is 1. The third kappa shape index (κ3) is 7.31. The zero-order valence-corrected chi connectivity index (χ0v) is 23.1. The van der Waals surface area contributed by atoms with E-state index in [1.54, 1.807) is 49.2 Å². The first-order valence-electron chi connectivity index (χ1n) is 13.3. The van der Waals surface area contributed by atoms with Crippen LogP contribution in [-0.4, -0.2) is 71.8 Å². The van der Waals surface area contributed by atoms with Gasteiger partial charge in [0.1, 0.15) is 11.9 Å². The summed E-state index contributed by atoms with van der Waals surface area (Å²) in [5.74, 6) is -0.898. The maximum Gasteiger partial charge on any atom is 0.323 e. The number of ether oxygens (including phenoxy) is 1. The van der Waals surface area contributed by atoms with Gasteiger partial charge in [0.25, 0.3) is 5.91 Å². The van der Waals surface area contributed by atoms with Crippen molar-refractivity contribution in [3.8, 4) is 5.75 Å². The number of anilines is 3. The Balaban J connectivity index is 1.61. The first-order chi connectivity index (χ1) is 19.7. The van der Waals surface area contributed by atoms with Crippen LogP contribution in [0.2, 0.25) is 0 Å². The maximum absolute atomic E-state index is 13.6. The van der Waals surface area contributed by atoms with Crippen LogP contribution >= 0.6 is 0 Å². The summed E-state index contributed by atoms with van der Waals surface area (Å²) in [6.07, 6.45) is -0.579. The molecular formula is C30H34FN5O5. The molecule has 41 heavy (non-hydrogen) atoms. The second-order valence-corrected chi connectivity index (χ2v) is 10.1. The Morgan fingerprint density at radius 1 is 1.02 bits per heavy atom. The summed E-state index contributed by atoms with van der Waals surface area (Å²) in [5, 5.41) is 18.1. The zero-order chi connectivity index (χ0) is 29.5. The molecule has 0 spiro atoms. The van der Waals surface area contributed by atoms with Crippen molar-refractivity contribution < 1.29 is 28.6 Å². The standard InChI is InChI=1S/C30H34FN5O5/c1-19-16-36(20(2)18-37)28(38)24-10-7-11-25(34-29(39)32-23-14-12-21(31)13-15-23)27(24)41-26(19)17-35(3)30(40)33-22-8-5-4-6-9-22/h4-15,19-20,26,37H,16-18H2,1-3H3,(H,33,40)(H2,32,34,39)/t19-,20-,26-/m1/s1. The Hall–Kier alpha value is -4.64. The van der Waals surface area contributed by atoms with Crippen molar-refractivity contribution in [3.63, 3.8) is 0 Å². The predicted molar refractivity (Wildman–Crippen MR) is 155 cm³/mol. The number of aliphatic hydroxyl groups is 1. The number of urea groups is 2. The lowest BCUT2D eigenvalue weighted by Gasteiger charge is -2.38. The third-order valence-corrected chi connectivity index (χ3v) is 6.87. The average molecular weight is 564 g/mol. The lowest BCUT2D eigenvalue weighted by molar-refractivity contribution is 0.0373. The van der Waals surface area contributed by atoms with Crippen molar-refractivity contribution in [3.05, 3.63) is 84.2 Å². The molecule has 0 aromatic heterocycles. The van der Waals surface area contributed by atoms with Crippen LogP contribution in [0.15, 0.2) is 72.8 Å². The minimum absolute atomic E-state index is 0.148. The molecule has 1 aliphatic rings. The van der Waals surface area contributed by atoms with E-state index < -0.39 is 24.0 Å². The normalized spacial score (nSPS) is 17.3. The summed E-state index contributed by atoms with van der Waals surface area (Å²) in [4.78, 5) is 42.5. The van der Waals surface area contributed by atoms with Crippen molar-refractivity contribution in [2.75, 3.05) is 42.7 Å². The van der Waals surface area contributed by atoms with Gasteiger partial charge >= 0.3 is 12.1 Å². The van der Waals surface area contributed by atoms with Crippen LogP contribution in [0.3, 0.4) is 0 Å². The molecule has 3 aromatic carbocycles. The summed E-state index contributed by atoms with van der Waals surface area (Å²) >= 11 is 0. The second-order valence-electron chi connectivity index (χ2n) is 10.1. The number of halogens is 1. The van der Waals surface area contributed by atoms with Gasteiger partial charge in [-0.2, -0.15) is 0 Å². The molecule has 1 heterocycles. The molecule has 0 saturated carbocycles. The first kappa shape index (κ1) is 29.3. The summed E-state index contributed by atoms with van der Waals surface area (Å²) in [6, 6.07) is 17.7. The van der Waals surface area contributed by atoms with E-state index in [1.165, 1.54) is 29.2 Å². The molecule has 0 bridgehead atoms. The summed E-state index contributed by atoms with van der Waals surface area (Å²) < 4.78 is 19.7. The van der Waals surface area contributed by atoms with Gasteiger partial charge in [-0.3, -0.25) is 4.79 Å². The number of aliphatic hydroxyl groups excluding tert-OH is 1. The number of para-hydroxylation sites is 2. The van der Waals surface area contributed by atoms with E-state index in [2.05, 4.69) is 16.0 Å². The fourth-order valence-electron chi connectivity index (χ4n) is 4.47. The highest BCUT2D eigenvalue weighted by atomic mass is 19.1. The minimum atomic E-state index is -0.618. The Morgan fingerprint density at radius 2 is 1.71 bits per heavy atom. The number of hydrogen-bond acceptors (Lipinski definition) is 5. The van der Waals surface area contributed by atoms with Gasteiger partial charge in [0.2, 0.25) is 0 Å². The van der Waals surface area contributed by atoms with Crippen LogP contribution in [0.1, 0.15) is 24.2 Å². The third-order valence-electron chi connectivity index (χ3n) is 6.87. The van der Waals surface area contributed by atoms with Gasteiger partial charge < -0.3 is 35.6 Å². The number of carbonyl (C=O) groups is 3. The molecule has 0 radical (unpaired) electrons. The van der Waals surface area contributed by atoms with Gasteiger partial charge in [-0.15, -0.1) is 0 Å². The van der Waals surface area contributed by atoms with E-state index in [0.29, 0.717) is 11.4 Å². The largest absolute Gasteiger partial charge is 0.485 e. The van der Waals surface area contributed by atoms with Gasteiger partial charge in [-0.25, -0.2) is 14.0 Å². The van der Waals surface area contributed by atoms with Crippen LogP contribution in [0.4, 0.5) is 31.0 Å². The summed E-state index contributed by atoms with van der Waals surface area (Å²) in [5.41, 5.74) is 1.47. The Bertz CT molecular complexity index is 1370. The van der Waals surface area contributed by atoms with E-state index in [4.69, 9.17) is 4.74 Å². The van der Waals surface area contributed by atoms with Gasteiger partial charge in [0.05, 0.1) is 30.4 Å². The molecule has 3 atom stereocenters. The summed E-state index contributed by atoms with van der Waals surface area (Å²) in [7, 11) is 1.65. The Labute approximate surface area is 238 Å². The molecular weight excluding hydrogens is 529 g/mol. The highest BCUT2D eigenvalue weighted by molar-refractivity contribution is 6.04. The van der Waals surface area contributed by atoms with Gasteiger partial charge in [-0.1, -0.05) is 31.2 Å². The Kier molecular flexibility index (Phi) is 9.41. The Morgan fingerprint density at radius 3 is 2.39 bits per heavy atom. The number of hydrogen-bond donors (Lipinski definition) is 4. The number of amides is 5. The van der Waals surface area contributed by atoms with Crippen LogP contribution < -0.4 is 20.7 Å². The molecule has 216 valence electrons. The SMILES string of the molecule is C[C@@H]1CN([C@H](C)CO)C(=O)c2cccc(NC(=O)Nc3ccc(F)cc3)c2O[C@@H]1CN(C)C(=O)Nc1ccccc1. The van der Waals surface area contributed by atoms with Crippen LogP contribution in [0.25, 0.3) is 0 Å². The van der Waals surface area contributed by atoms with Crippen molar-refractivity contribution in [1.82, 2.24) is 9.80 Å². The average Bonchev–Trinajstić information content (AvgIpc) is 2.96. The fourth-order valence-corrected chi connectivity index (χ4v) is 4.47. The lowest BCUT2D eigenvalue weighted by atomic mass is 9.99. The van der Waals surface area contributed by atoms with Crippen LogP contribution in [0, 0.1) is 11.7 Å². The molecule has 11 heteroatoms. The number of nitrogens with one attached hydrogen (secondary N) is 3. The molecule has 0 saturated heterocycles. The molecule has 0 fully saturated rings. The van der Waals surface area contributed by atoms with E-state index in [-0.39, 0.29) is 54.6 Å². The van der Waals surface area contributed by atoms with Crippen molar-refractivity contribution in [2.24, 2.45) is 5.92 Å². The van der Waals surface area contributed by atoms with E-state index in [1.807, 2.05) is 25.1 Å². The van der Waals surface area contributed by atoms with Gasteiger partial charge in [0, 0.05) is 30.9 Å². The molecule has 4 N–H and O–H groups in total. The zero-order valence-electron chi connectivity index (χ0n) is 23.1. The molecule has 5 amide bonds. The van der Waals surface area contributed by atoms with E-state index in [9.17, 15) is 23.9 Å². The lowest BCUT2D eigenvalue weighted by Crippen LogP contribution is -2.50. The predicted octanol–water partition coefficient (Wildman–Crippen LogP) is 4.85. The van der Waals surface area contributed by atoms with Crippen molar-refractivity contribution in [1.29, 1.82) is 0 Å². The van der Waals surface area contributed by atoms with Gasteiger partial charge in [-0.05, 0) is 55.5 Å². The highest BCUT2D eigenvalue weighted by Crippen LogP contribution is 2.35. The summed E-state index contributed by atoms with van der Waals surface area (Å²) in [6.45, 7) is 3.86. The van der Waals surface area contributed by atoms with Crippen LogP contribution in [-0.2, 0) is 0 Å². The smallest absolute Gasteiger partial charge is 0.323 e. The number of nitrogens with zero attached hydrogens (tertiary/aromatic N) is 2. The van der Waals surface area contributed by atoms with Crippen molar-refractivity contribution >= 4 is 35.0 Å². The maximum atomic E-state index is 13.6. The second kappa shape index (κ2) is 13.1. The number of fused-ring (bicyclic) bond motifs is 1. The fraction of sp³-hybridized carbons (Fsp3) is 0.300. The van der Waals surface area contributed by atoms with Crippen molar-refractivity contribution in [2.45, 2.75) is 26.0 Å². The first-order valence-corrected chi connectivity index (χ1v) is 13.3. The minimum Gasteiger partial charge on any atom is -0.485 e. The quantitative estimate of drug-likeness (QED) is 0.327. The molecule has 0 unspecified atom stereocenters. The molecule has 4 rings (SSSR count). The molecule has 1 aliphatic heterocycles. The molecule has 0 aliphatic carbocycles.